The van der Waals surface area contributed by atoms with Crippen molar-refractivity contribution < 1.29 is 5.11 Å². The smallest absolute Gasteiger partial charge is 0.185 e. The number of aliphatic hydroxyl groups is 1. The molecule has 0 unspecified atom stereocenters. The summed E-state index contributed by atoms with van der Waals surface area (Å²) in [5, 5.41) is 10.4. The SMILES string of the molecule is CCCCCN(C)c1nc(C2CC2)c(CO)s1. The number of nitrogens with zero attached hydrogens (tertiary/aromatic N) is 2. The highest BCUT2D eigenvalue weighted by atomic mass is 32.1. The van der Waals surface area contributed by atoms with Crippen LogP contribution in [0.15, 0.2) is 0 Å². The molecule has 1 fully saturated rings. The first-order valence-corrected chi connectivity index (χ1v) is 7.39. The highest BCUT2D eigenvalue weighted by molar-refractivity contribution is 7.15. The lowest BCUT2D eigenvalue weighted by Gasteiger charge is -2.14. The van der Waals surface area contributed by atoms with Gasteiger partial charge in [-0.2, -0.15) is 0 Å². The van der Waals surface area contributed by atoms with Crippen molar-refractivity contribution in [3.63, 3.8) is 0 Å². The van der Waals surface area contributed by atoms with Gasteiger partial charge in [-0.25, -0.2) is 4.98 Å². The molecule has 4 heteroatoms. The molecule has 1 aromatic rings. The van der Waals surface area contributed by atoms with Crippen molar-refractivity contribution in [1.29, 1.82) is 0 Å². The average molecular weight is 254 g/mol. The Labute approximate surface area is 107 Å². The summed E-state index contributed by atoms with van der Waals surface area (Å²) in [5.74, 6) is 0.631. The van der Waals surface area contributed by atoms with E-state index >= 15 is 0 Å². The van der Waals surface area contributed by atoms with Crippen LogP contribution in [0.4, 0.5) is 5.13 Å². The van der Waals surface area contributed by atoms with Crippen LogP contribution >= 0.6 is 11.3 Å². The molecule has 0 atom stereocenters. The number of rotatable bonds is 7. The Hall–Kier alpha value is -0.610. The molecule has 0 aliphatic heterocycles. The van der Waals surface area contributed by atoms with Crippen LogP contribution < -0.4 is 4.90 Å². The van der Waals surface area contributed by atoms with Gasteiger partial charge in [-0.3, -0.25) is 0 Å². The third-order valence-corrected chi connectivity index (χ3v) is 4.42. The summed E-state index contributed by atoms with van der Waals surface area (Å²) in [6.45, 7) is 3.43. The number of thiazole rings is 1. The first-order chi connectivity index (χ1) is 8.26. The van der Waals surface area contributed by atoms with Crippen molar-refractivity contribution in [1.82, 2.24) is 4.98 Å². The van der Waals surface area contributed by atoms with Gasteiger partial charge in [0, 0.05) is 19.5 Å². The molecule has 0 saturated heterocycles. The van der Waals surface area contributed by atoms with E-state index in [1.807, 2.05) is 0 Å². The number of aliphatic hydroxyl groups excluding tert-OH is 1. The molecule has 3 nitrogen and oxygen atoms in total. The van der Waals surface area contributed by atoms with Crippen LogP contribution in [0.1, 0.15) is 55.5 Å². The normalized spacial score (nSPS) is 15.2. The summed E-state index contributed by atoms with van der Waals surface area (Å²) in [6.07, 6.45) is 6.24. The Morgan fingerprint density at radius 1 is 1.41 bits per heavy atom. The van der Waals surface area contributed by atoms with Gasteiger partial charge in [-0.05, 0) is 19.3 Å². The van der Waals surface area contributed by atoms with E-state index in [1.54, 1.807) is 11.3 Å². The predicted octanol–water partition coefficient (Wildman–Crippen LogP) is 3.14. The van der Waals surface area contributed by atoms with Crippen molar-refractivity contribution in [3.05, 3.63) is 10.6 Å². The number of hydrogen-bond acceptors (Lipinski definition) is 4. The van der Waals surface area contributed by atoms with E-state index in [1.165, 1.54) is 32.1 Å². The Balaban J connectivity index is 1.99. The Kier molecular flexibility index (Phi) is 4.40. The van der Waals surface area contributed by atoms with Crippen LogP contribution in [0.3, 0.4) is 0 Å². The van der Waals surface area contributed by atoms with Crippen molar-refractivity contribution in [2.24, 2.45) is 0 Å². The highest BCUT2D eigenvalue weighted by Gasteiger charge is 2.29. The van der Waals surface area contributed by atoms with Crippen LogP contribution in [-0.2, 0) is 6.61 Å². The minimum absolute atomic E-state index is 0.145. The van der Waals surface area contributed by atoms with E-state index in [2.05, 4.69) is 18.9 Å². The van der Waals surface area contributed by atoms with Gasteiger partial charge in [0.1, 0.15) is 0 Å². The largest absolute Gasteiger partial charge is 0.391 e. The van der Waals surface area contributed by atoms with Crippen LogP contribution in [0.5, 0.6) is 0 Å². The highest BCUT2D eigenvalue weighted by Crippen LogP contribution is 2.44. The number of unbranched alkanes of at least 4 members (excludes halogenated alkanes) is 2. The zero-order chi connectivity index (χ0) is 12.3. The minimum atomic E-state index is 0.145. The topological polar surface area (TPSA) is 36.4 Å². The lowest BCUT2D eigenvalue weighted by Crippen LogP contribution is -2.18. The molecule has 0 aromatic carbocycles. The predicted molar refractivity (Wildman–Crippen MR) is 72.8 cm³/mol. The molecule has 0 radical (unpaired) electrons. The van der Waals surface area contributed by atoms with E-state index < -0.39 is 0 Å². The zero-order valence-electron chi connectivity index (χ0n) is 10.8. The molecule has 1 heterocycles. The van der Waals surface area contributed by atoms with Crippen LogP contribution in [0, 0.1) is 0 Å². The lowest BCUT2D eigenvalue weighted by molar-refractivity contribution is 0.284. The van der Waals surface area contributed by atoms with Crippen LogP contribution in [-0.4, -0.2) is 23.7 Å². The van der Waals surface area contributed by atoms with E-state index in [0.717, 1.165) is 22.2 Å². The van der Waals surface area contributed by atoms with Crippen molar-refractivity contribution >= 4 is 16.5 Å². The lowest BCUT2D eigenvalue weighted by atomic mass is 10.2. The molecule has 1 aliphatic carbocycles. The summed E-state index contributed by atoms with van der Waals surface area (Å²) in [7, 11) is 2.10. The molecule has 17 heavy (non-hydrogen) atoms. The summed E-state index contributed by atoms with van der Waals surface area (Å²) < 4.78 is 0. The molecular formula is C13H22N2OS. The molecule has 0 amide bonds. The van der Waals surface area contributed by atoms with E-state index in [0.29, 0.717) is 5.92 Å². The van der Waals surface area contributed by atoms with Gasteiger partial charge in [0.2, 0.25) is 0 Å². The summed E-state index contributed by atoms with van der Waals surface area (Å²) in [5.41, 5.74) is 1.16. The van der Waals surface area contributed by atoms with Crippen molar-refractivity contribution in [2.45, 2.75) is 51.6 Å². The number of anilines is 1. The van der Waals surface area contributed by atoms with E-state index in [-0.39, 0.29) is 6.61 Å². The first kappa shape index (κ1) is 12.8. The van der Waals surface area contributed by atoms with Gasteiger partial charge in [0.15, 0.2) is 5.13 Å². The molecule has 1 N–H and O–H groups in total. The second-order valence-electron chi connectivity index (χ2n) is 4.87. The van der Waals surface area contributed by atoms with Crippen molar-refractivity contribution in [3.8, 4) is 0 Å². The maximum atomic E-state index is 9.36. The number of hydrogen-bond donors (Lipinski definition) is 1. The van der Waals surface area contributed by atoms with Crippen LogP contribution in [0.25, 0.3) is 0 Å². The Morgan fingerprint density at radius 3 is 2.76 bits per heavy atom. The molecule has 96 valence electrons. The third kappa shape index (κ3) is 3.19. The van der Waals surface area contributed by atoms with Gasteiger partial charge in [-0.1, -0.05) is 31.1 Å². The van der Waals surface area contributed by atoms with Gasteiger partial charge in [0.05, 0.1) is 17.2 Å². The molecule has 0 spiro atoms. The standard InChI is InChI=1S/C13H22N2OS/c1-3-4-5-8-15(2)13-14-12(10-6-7-10)11(9-16)17-13/h10,16H,3-9H2,1-2H3. The third-order valence-electron chi connectivity index (χ3n) is 3.25. The van der Waals surface area contributed by atoms with Gasteiger partial charge in [0.25, 0.3) is 0 Å². The van der Waals surface area contributed by atoms with E-state index in [9.17, 15) is 5.11 Å². The van der Waals surface area contributed by atoms with Gasteiger partial charge in [-0.15, -0.1) is 0 Å². The second kappa shape index (κ2) is 5.83. The maximum absolute atomic E-state index is 9.36. The quantitative estimate of drug-likeness (QED) is 0.759. The summed E-state index contributed by atoms with van der Waals surface area (Å²) in [4.78, 5) is 8.01. The van der Waals surface area contributed by atoms with E-state index in [4.69, 9.17) is 4.98 Å². The summed E-state index contributed by atoms with van der Waals surface area (Å²) >= 11 is 1.66. The molecule has 2 rings (SSSR count). The minimum Gasteiger partial charge on any atom is -0.391 e. The second-order valence-corrected chi connectivity index (χ2v) is 5.93. The fourth-order valence-corrected chi connectivity index (χ4v) is 2.99. The Bertz CT molecular complexity index is 360. The molecule has 0 bridgehead atoms. The molecule has 1 aromatic heterocycles. The molecule has 1 saturated carbocycles. The average Bonchev–Trinajstić information content (AvgIpc) is 3.08. The maximum Gasteiger partial charge on any atom is 0.185 e. The molecule has 1 aliphatic rings. The van der Waals surface area contributed by atoms with Gasteiger partial charge >= 0.3 is 0 Å². The Morgan fingerprint density at radius 2 is 2.18 bits per heavy atom. The van der Waals surface area contributed by atoms with Gasteiger partial charge < -0.3 is 10.0 Å². The van der Waals surface area contributed by atoms with Crippen molar-refractivity contribution in [2.75, 3.05) is 18.5 Å². The fraction of sp³-hybridized carbons (Fsp3) is 0.769. The zero-order valence-corrected chi connectivity index (χ0v) is 11.6. The first-order valence-electron chi connectivity index (χ1n) is 6.57. The van der Waals surface area contributed by atoms with Crippen LogP contribution in [0.2, 0.25) is 0 Å². The monoisotopic (exact) mass is 254 g/mol. The fourth-order valence-electron chi connectivity index (χ4n) is 2.00. The molecular weight excluding hydrogens is 232 g/mol. The number of aromatic nitrogens is 1. The summed E-state index contributed by atoms with van der Waals surface area (Å²) in [6, 6.07) is 0.